The van der Waals surface area contributed by atoms with E-state index in [4.69, 9.17) is 11.5 Å². The average Bonchev–Trinajstić information content (AvgIpc) is 2.93. The standard InChI is InChI=1S/C10H12N2.C7H7NO/c11-6-5-8-7-12-10-4-2-1-3-9(8)10;8-7(9)6-4-2-1-3-5-6/h1-4,7,12H,5-6,11H2;1-5H,(H2,8,9). The summed E-state index contributed by atoms with van der Waals surface area (Å²) in [4.78, 5) is 13.6. The molecule has 2 aromatic carbocycles. The van der Waals surface area contributed by atoms with E-state index >= 15 is 0 Å². The van der Waals surface area contributed by atoms with E-state index in [1.54, 1.807) is 24.3 Å². The van der Waals surface area contributed by atoms with Gasteiger partial charge in [-0.2, -0.15) is 0 Å². The first-order valence-corrected chi connectivity index (χ1v) is 6.82. The van der Waals surface area contributed by atoms with Crippen LogP contribution in [0.4, 0.5) is 0 Å². The Balaban J connectivity index is 0.000000161. The van der Waals surface area contributed by atoms with Crippen LogP contribution in [0.3, 0.4) is 0 Å². The van der Waals surface area contributed by atoms with Crippen LogP contribution in [0.2, 0.25) is 0 Å². The highest BCUT2D eigenvalue weighted by Crippen LogP contribution is 2.17. The van der Waals surface area contributed by atoms with Crippen molar-refractivity contribution < 1.29 is 4.79 Å². The van der Waals surface area contributed by atoms with Crippen LogP contribution >= 0.6 is 0 Å². The van der Waals surface area contributed by atoms with Gasteiger partial charge in [0.2, 0.25) is 5.91 Å². The highest BCUT2D eigenvalue weighted by Gasteiger charge is 1.99. The zero-order valence-electron chi connectivity index (χ0n) is 11.8. The number of para-hydroxylation sites is 1. The van der Waals surface area contributed by atoms with Crippen molar-refractivity contribution in [2.75, 3.05) is 6.54 Å². The number of hydrogen-bond donors (Lipinski definition) is 3. The van der Waals surface area contributed by atoms with Crippen molar-refractivity contribution in [1.82, 2.24) is 4.98 Å². The zero-order chi connectivity index (χ0) is 15.1. The molecule has 0 saturated heterocycles. The first kappa shape index (κ1) is 14.8. The number of aromatic amines is 1. The number of carbonyl (C=O) groups is 1. The van der Waals surface area contributed by atoms with Crippen LogP contribution in [-0.4, -0.2) is 17.4 Å². The third-order valence-corrected chi connectivity index (χ3v) is 3.15. The molecule has 1 heterocycles. The number of rotatable bonds is 3. The predicted molar refractivity (Wildman–Crippen MR) is 86.0 cm³/mol. The van der Waals surface area contributed by atoms with Gasteiger partial charge in [-0.05, 0) is 36.7 Å². The Labute approximate surface area is 123 Å². The second-order valence-corrected chi connectivity index (χ2v) is 4.63. The summed E-state index contributed by atoms with van der Waals surface area (Å²) in [5.74, 6) is -0.379. The minimum Gasteiger partial charge on any atom is -0.366 e. The average molecular weight is 281 g/mol. The molecular formula is C17H19N3O. The fourth-order valence-corrected chi connectivity index (χ4v) is 2.10. The lowest BCUT2D eigenvalue weighted by atomic mass is 10.1. The molecule has 0 aliphatic rings. The Kier molecular flexibility index (Phi) is 5.12. The van der Waals surface area contributed by atoms with Gasteiger partial charge in [-0.1, -0.05) is 36.4 Å². The topological polar surface area (TPSA) is 84.9 Å². The van der Waals surface area contributed by atoms with E-state index in [0.29, 0.717) is 12.1 Å². The van der Waals surface area contributed by atoms with Crippen LogP contribution in [0, 0.1) is 0 Å². The fraction of sp³-hybridized carbons (Fsp3) is 0.118. The van der Waals surface area contributed by atoms with Gasteiger partial charge in [0.15, 0.2) is 0 Å². The van der Waals surface area contributed by atoms with Gasteiger partial charge in [-0.15, -0.1) is 0 Å². The Morgan fingerprint density at radius 3 is 2.29 bits per heavy atom. The van der Waals surface area contributed by atoms with Gasteiger partial charge in [0.05, 0.1) is 0 Å². The van der Waals surface area contributed by atoms with E-state index in [0.717, 1.165) is 6.42 Å². The number of benzene rings is 2. The first-order valence-electron chi connectivity index (χ1n) is 6.82. The summed E-state index contributed by atoms with van der Waals surface area (Å²) >= 11 is 0. The molecular weight excluding hydrogens is 262 g/mol. The van der Waals surface area contributed by atoms with E-state index in [1.807, 2.05) is 18.3 Å². The molecule has 0 fully saturated rings. The highest BCUT2D eigenvalue weighted by atomic mass is 16.1. The minimum absolute atomic E-state index is 0.379. The molecule has 5 N–H and O–H groups in total. The summed E-state index contributed by atoms with van der Waals surface area (Å²) in [5, 5.41) is 1.29. The van der Waals surface area contributed by atoms with Gasteiger partial charge in [0, 0.05) is 22.7 Å². The fourth-order valence-electron chi connectivity index (χ4n) is 2.10. The van der Waals surface area contributed by atoms with Crippen LogP contribution in [0.1, 0.15) is 15.9 Å². The summed E-state index contributed by atoms with van der Waals surface area (Å²) in [6, 6.07) is 17.0. The number of primary amides is 1. The summed E-state index contributed by atoms with van der Waals surface area (Å²) in [5.41, 5.74) is 13.5. The quantitative estimate of drug-likeness (QED) is 0.689. The van der Waals surface area contributed by atoms with E-state index in [1.165, 1.54) is 16.5 Å². The molecule has 0 unspecified atom stereocenters. The lowest BCUT2D eigenvalue weighted by Gasteiger charge is -1.93. The molecule has 3 rings (SSSR count). The van der Waals surface area contributed by atoms with Crippen molar-refractivity contribution in [3.8, 4) is 0 Å². The molecule has 0 radical (unpaired) electrons. The van der Waals surface area contributed by atoms with Crippen molar-refractivity contribution in [1.29, 1.82) is 0 Å². The molecule has 1 amide bonds. The van der Waals surface area contributed by atoms with Crippen LogP contribution in [0.25, 0.3) is 10.9 Å². The van der Waals surface area contributed by atoms with E-state index in [-0.39, 0.29) is 5.91 Å². The van der Waals surface area contributed by atoms with Crippen molar-refractivity contribution in [3.05, 3.63) is 71.9 Å². The third kappa shape index (κ3) is 3.94. The van der Waals surface area contributed by atoms with Crippen molar-refractivity contribution in [2.24, 2.45) is 11.5 Å². The zero-order valence-corrected chi connectivity index (χ0v) is 11.8. The van der Waals surface area contributed by atoms with Gasteiger partial charge in [0.1, 0.15) is 0 Å². The summed E-state index contributed by atoms with van der Waals surface area (Å²) in [6.45, 7) is 0.710. The maximum absolute atomic E-state index is 10.4. The largest absolute Gasteiger partial charge is 0.366 e. The lowest BCUT2D eigenvalue weighted by molar-refractivity contribution is 0.100. The lowest BCUT2D eigenvalue weighted by Crippen LogP contribution is -2.09. The van der Waals surface area contributed by atoms with Crippen molar-refractivity contribution >= 4 is 16.8 Å². The molecule has 4 nitrogen and oxygen atoms in total. The number of hydrogen-bond acceptors (Lipinski definition) is 2. The summed E-state index contributed by atoms with van der Waals surface area (Å²) in [7, 11) is 0. The number of H-pyrrole nitrogens is 1. The second kappa shape index (κ2) is 7.26. The molecule has 0 bridgehead atoms. The third-order valence-electron chi connectivity index (χ3n) is 3.15. The molecule has 4 heteroatoms. The molecule has 0 saturated carbocycles. The van der Waals surface area contributed by atoms with Crippen LogP contribution in [0.15, 0.2) is 60.8 Å². The van der Waals surface area contributed by atoms with Crippen LogP contribution in [0.5, 0.6) is 0 Å². The number of carbonyl (C=O) groups excluding carboxylic acids is 1. The predicted octanol–water partition coefficient (Wildman–Crippen LogP) is 2.45. The number of amides is 1. The Morgan fingerprint density at radius 1 is 1.00 bits per heavy atom. The Bertz CT molecular complexity index is 704. The smallest absolute Gasteiger partial charge is 0.248 e. The van der Waals surface area contributed by atoms with Gasteiger partial charge in [-0.25, -0.2) is 0 Å². The maximum atomic E-state index is 10.4. The molecule has 21 heavy (non-hydrogen) atoms. The summed E-state index contributed by atoms with van der Waals surface area (Å²) < 4.78 is 0. The SMILES string of the molecule is NC(=O)c1ccccc1.NCCc1c[nH]c2ccccc12. The Hall–Kier alpha value is -2.59. The Morgan fingerprint density at radius 2 is 1.67 bits per heavy atom. The van der Waals surface area contributed by atoms with E-state index in [2.05, 4.69) is 23.2 Å². The molecule has 0 atom stereocenters. The molecule has 108 valence electrons. The maximum Gasteiger partial charge on any atom is 0.248 e. The van der Waals surface area contributed by atoms with E-state index in [9.17, 15) is 4.79 Å². The van der Waals surface area contributed by atoms with Crippen LogP contribution < -0.4 is 11.5 Å². The molecule has 1 aromatic heterocycles. The molecule has 0 spiro atoms. The van der Waals surface area contributed by atoms with Crippen molar-refractivity contribution in [3.63, 3.8) is 0 Å². The van der Waals surface area contributed by atoms with Gasteiger partial charge in [0.25, 0.3) is 0 Å². The number of nitrogens with one attached hydrogen (secondary N) is 1. The number of nitrogens with two attached hydrogens (primary N) is 2. The molecule has 3 aromatic rings. The summed E-state index contributed by atoms with van der Waals surface area (Å²) in [6.07, 6.45) is 2.99. The molecule has 0 aliphatic heterocycles. The number of aromatic nitrogens is 1. The minimum atomic E-state index is -0.379. The highest BCUT2D eigenvalue weighted by molar-refractivity contribution is 5.92. The van der Waals surface area contributed by atoms with Gasteiger partial charge in [-0.3, -0.25) is 4.79 Å². The van der Waals surface area contributed by atoms with Crippen LogP contribution in [-0.2, 0) is 6.42 Å². The number of fused-ring (bicyclic) bond motifs is 1. The first-order chi connectivity index (χ1) is 10.2. The monoisotopic (exact) mass is 281 g/mol. The van der Waals surface area contributed by atoms with E-state index < -0.39 is 0 Å². The van der Waals surface area contributed by atoms with Gasteiger partial charge < -0.3 is 16.5 Å². The second-order valence-electron chi connectivity index (χ2n) is 4.63. The van der Waals surface area contributed by atoms with Crippen molar-refractivity contribution in [2.45, 2.75) is 6.42 Å². The molecule has 0 aliphatic carbocycles. The normalized spacial score (nSPS) is 9.95. The van der Waals surface area contributed by atoms with Gasteiger partial charge >= 0.3 is 0 Å².